The zero-order valence-electron chi connectivity index (χ0n) is 14.6. The molecule has 2 aromatic rings. The highest BCUT2D eigenvalue weighted by molar-refractivity contribution is 5.94. The topological polar surface area (TPSA) is 38.8 Å². The number of amides is 1. The standard InChI is InChI=1S/C20H23NO3/c1-20(2)13-21(19(22)14-8-6-5-7-9-14)12-15-10-17(23-3)18(24-4)11-16(15)20/h5-11H,12-13H2,1-4H3. The number of carbonyl (C=O) groups is 1. The Morgan fingerprint density at radius 1 is 1.04 bits per heavy atom. The minimum Gasteiger partial charge on any atom is -0.493 e. The summed E-state index contributed by atoms with van der Waals surface area (Å²) < 4.78 is 10.9. The first-order chi connectivity index (χ1) is 11.5. The first kappa shape index (κ1) is 16.4. The van der Waals surface area contributed by atoms with Crippen molar-refractivity contribution in [2.45, 2.75) is 25.8 Å². The van der Waals surface area contributed by atoms with Gasteiger partial charge in [-0.05, 0) is 35.4 Å². The van der Waals surface area contributed by atoms with Crippen molar-refractivity contribution >= 4 is 5.91 Å². The number of nitrogens with zero attached hydrogens (tertiary/aromatic N) is 1. The van der Waals surface area contributed by atoms with Crippen LogP contribution in [0.1, 0.15) is 35.3 Å². The molecule has 1 aliphatic rings. The van der Waals surface area contributed by atoms with Gasteiger partial charge in [0.15, 0.2) is 11.5 Å². The fraction of sp³-hybridized carbons (Fsp3) is 0.350. The summed E-state index contributed by atoms with van der Waals surface area (Å²) in [7, 11) is 3.27. The smallest absolute Gasteiger partial charge is 0.254 e. The Labute approximate surface area is 143 Å². The van der Waals surface area contributed by atoms with Crippen molar-refractivity contribution in [1.29, 1.82) is 0 Å². The monoisotopic (exact) mass is 325 g/mol. The number of rotatable bonds is 3. The van der Waals surface area contributed by atoms with Gasteiger partial charge in [0.2, 0.25) is 0 Å². The average molecular weight is 325 g/mol. The summed E-state index contributed by atoms with van der Waals surface area (Å²) >= 11 is 0. The van der Waals surface area contributed by atoms with Crippen LogP contribution in [0.15, 0.2) is 42.5 Å². The normalized spacial score (nSPS) is 15.6. The van der Waals surface area contributed by atoms with Gasteiger partial charge in [-0.25, -0.2) is 0 Å². The SMILES string of the molecule is COc1cc2c(cc1OC)C(C)(C)CN(C(=O)c1ccccc1)C2. The van der Waals surface area contributed by atoms with Crippen LogP contribution in [0.25, 0.3) is 0 Å². The molecule has 0 saturated heterocycles. The van der Waals surface area contributed by atoms with E-state index in [1.54, 1.807) is 14.2 Å². The maximum absolute atomic E-state index is 12.8. The van der Waals surface area contributed by atoms with Crippen LogP contribution < -0.4 is 9.47 Å². The van der Waals surface area contributed by atoms with Crippen LogP contribution in [0.5, 0.6) is 11.5 Å². The third kappa shape index (κ3) is 2.84. The van der Waals surface area contributed by atoms with Gasteiger partial charge in [-0.15, -0.1) is 0 Å². The van der Waals surface area contributed by atoms with Gasteiger partial charge in [0.1, 0.15) is 0 Å². The summed E-state index contributed by atoms with van der Waals surface area (Å²) in [6, 6.07) is 13.5. The lowest BCUT2D eigenvalue weighted by Gasteiger charge is -2.40. The average Bonchev–Trinajstić information content (AvgIpc) is 2.60. The van der Waals surface area contributed by atoms with Gasteiger partial charge >= 0.3 is 0 Å². The number of hydrogen-bond donors (Lipinski definition) is 0. The van der Waals surface area contributed by atoms with E-state index in [-0.39, 0.29) is 11.3 Å². The highest BCUT2D eigenvalue weighted by Gasteiger charge is 2.35. The van der Waals surface area contributed by atoms with Gasteiger partial charge in [-0.1, -0.05) is 32.0 Å². The predicted octanol–water partition coefficient (Wildman–Crippen LogP) is 3.64. The van der Waals surface area contributed by atoms with Crippen molar-refractivity contribution in [2.24, 2.45) is 0 Å². The van der Waals surface area contributed by atoms with E-state index in [2.05, 4.69) is 13.8 Å². The van der Waals surface area contributed by atoms with Gasteiger partial charge in [0, 0.05) is 24.1 Å². The summed E-state index contributed by atoms with van der Waals surface area (Å²) in [5.41, 5.74) is 2.88. The minimum absolute atomic E-state index is 0.0594. The van der Waals surface area contributed by atoms with E-state index in [0.717, 1.165) is 16.9 Å². The molecule has 0 saturated carbocycles. The molecular formula is C20H23NO3. The number of hydrogen-bond acceptors (Lipinski definition) is 3. The van der Waals surface area contributed by atoms with E-state index in [1.807, 2.05) is 47.4 Å². The van der Waals surface area contributed by atoms with Crippen molar-refractivity contribution < 1.29 is 14.3 Å². The van der Waals surface area contributed by atoms with Crippen LogP contribution in [0.3, 0.4) is 0 Å². The molecule has 0 atom stereocenters. The third-order valence-corrected chi connectivity index (χ3v) is 4.59. The molecule has 0 fully saturated rings. The molecular weight excluding hydrogens is 302 g/mol. The summed E-state index contributed by atoms with van der Waals surface area (Å²) in [4.78, 5) is 14.8. The predicted molar refractivity (Wildman–Crippen MR) is 93.8 cm³/mol. The zero-order valence-corrected chi connectivity index (χ0v) is 14.6. The third-order valence-electron chi connectivity index (χ3n) is 4.59. The van der Waals surface area contributed by atoms with Crippen LogP contribution in [0.2, 0.25) is 0 Å². The number of ether oxygens (including phenoxy) is 2. The van der Waals surface area contributed by atoms with Gasteiger partial charge < -0.3 is 14.4 Å². The van der Waals surface area contributed by atoms with E-state index in [9.17, 15) is 4.79 Å². The van der Waals surface area contributed by atoms with Gasteiger partial charge in [0.25, 0.3) is 5.91 Å². The molecule has 2 aromatic carbocycles. The van der Waals surface area contributed by atoms with Crippen LogP contribution >= 0.6 is 0 Å². The molecule has 0 aliphatic carbocycles. The molecule has 0 radical (unpaired) electrons. The van der Waals surface area contributed by atoms with E-state index >= 15 is 0 Å². The Balaban J connectivity index is 1.99. The lowest BCUT2D eigenvalue weighted by atomic mass is 9.78. The molecule has 24 heavy (non-hydrogen) atoms. The van der Waals surface area contributed by atoms with Crippen LogP contribution in [0, 0.1) is 0 Å². The lowest BCUT2D eigenvalue weighted by Crippen LogP contribution is -2.45. The Morgan fingerprint density at radius 3 is 2.29 bits per heavy atom. The maximum Gasteiger partial charge on any atom is 0.254 e. The van der Waals surface area contributed by atoms with Gasteiger partial charge in [-0.2, -0.15) is 0 Å². The van der Waals surface area contributed by atoms with Crippen molar-refractivity contribution in [1.82, 2.24) is 4.90 Å². The quantitative estimate of drug-likeness (QED) is 0.865. The second-order valence-corrected chi connectivity index (χ2v) is 6.78. The Hall–Kier alpha value is -2.49. The Morgan fingerprint density at radius 2 is 1.67 bits per heavy atom. The molecule has 4 nitrogen and oxygen atoms in total. The molecule has 3 rings (SSSR count). The van der Waals surface area contributed by atoms with Crippen molar-refractivity contribution in [3.63, 3.8) is 0 Å². The lowest BCUT2D eigenvalue weighted by molar-refractivity contribution is 0.0685. The van der Waals surface area contributed by atoms with Crippen molar-refractivity contribution in [2.75, 3.05) is 20.8 Å². The summed E-state index contributed by atoms with van der Waals surface area (Å²) in [6.07, 6.45) is 0. The van der Waals surface area contributed by atoms with Crippen molar-refractivity contribution in [3.8, 4) is 11.5 Å². The summed E-state index contributed by atoms with van der Waals surface area (Å²) in [6.45, 7) is 5.56. The first-order valence-electron chi connectivity index (χ1n) is 8.06. The second-order valence-electron chi connectivity index (χ2n) is 6.78. The Bertz CT molecular complexity index is 753. The highest BCUT2D eigenvalue weighted by Crippen LogP contribution is 2.40. The highest BCUT2D eigenvalue weighted by atomic mass is 16.5. The molecule has 1 amide bonds. The number of fused-ring (bicyclic) bond motifs is 1. The number of carbonyl (C=O) groups excluding carboxylic acids is 1. The minimum atomic E-state index is -0.155. The molecule has 0 N–H and O–H groups in total. The first-order valence-corrected chi connectivity index (χ1v) is 8.06. The number of benzene rings is 2. The molecule has 126 valence electrons. The van der Waals surface area contributed by atoms with Crippen LogP contribution in [-0.4, -0.2) is 31.6 Å². The molecule has 0 aromatic heterocycles. The summed E-state index contributed by atoms with van der Waals surface area (Å²) in [5.74, 6) is 1.48. The van der Waals surface area contributed by atoms with E-state index in [0.29, 0.717) is 18.8 Å². The molecule has 0 unspecified atom stereocenters. The van der Waals surface area contributed by atoms with E-state index < -0.39 is 0 Å². The van der Waals surface area contributed by atoms with Crippen LogP contribution in [-0.2, 0) is 12.0 Å². The Kier molecular flexibility index (Phi) is 4.22. The molecule has 0 bridgehead atoms. The largest absolute Gasteiger partial charge is 0.493 e. The van der Waals surface area contributed by atoms with Gasteiger partial charge in [-0.3, -0.25) is 4.79 Å². The zero-order chi connectivity index (χ0) is 17.3. The van der Waals surface area contributed by atoms with E-state index in [4.69, 9.17) is 9.47 Å². The maximum atomic E-state index is 12.8. The molecule has 0 spiro atoms. The van der Waals surface area contributed by atoms with Crippen molar-refractivity contribution in [3.05, 3.63) is 59.2 Å². The van der Waals surface area contributed by atoms with Crippen LogP contribution in [0.4, 0.5) is 0 Å². The van der Waals surface area contributed by atoms with Gasteiger partial charge in [0.05, 0.1) is 14.2 Å². The van der Waals surface area contributed by atoms with E-state index in [1.165, 1.54) is 5.56 Å². The fourth-order valence-electron chi connectivity index (χ4n) is 3.41. The molecule has 1 aliphatic heterocycles. The summed E-state index contributed by atoms with van der Waals surface area (Å²) in [5, 5.41) is 0. The second kappa shape index (κ2) is 6.19. The molecule has 4 heteroatoms. The fourth-order valence-corrected chi connectivity index (χ4v) is 3.41. The molecule has 1 heterocycles. The number of methoxy groups -OCH3 is 2.